The quantitative estimate of drug-likeness (QED) is 0.773. The highest BCUT2D eigenvalue weighted by Crippen LogP contribution is 2.19. The van der Waals surface area contributed by atoms with Crippen molar-refractivity contribution in [3.05, 3.63) is 12.3 Å². The minimum absolute atomic E-state index is 0.396. The maximum atomic E-state index is 6.06. The van der Waals surface area contributed by atoms with Crippen LogP contribution in [0.2, 0.25) is 0 Å². The van der Waals surface area contributed by atoms with Gasteiger partial charge >= 0.3 is 0 Å². The molecule has 0 aromatic rings. The van der Waals surface area contributed by atoms with Crippen LogP contribution < -0.4 is 0 Å². The van der Waals surface area contributed by atoms with E-state index in [9.17, 15) is 0 Å². The van der Waals surface area contributed by atoms with Gasteiger partial charge in [0.1, 0.15) is 6.10 Å². The number of piperidine rings is 1. The first-order valence-corrected chi connectivity index (χ1v) is 8.12. The Balaban J connectivity index is 1.31. The molecule has 3 rings (SSSR count). The topological polar surface area (TPSA) is 30.9 Å². The zero-order valence-corrected chi connectivity index (χ0v) is 12.3. The normalized spacial score (nSPS) is 32.4. The Bertz CT molecular complexity index is 307. The molecule has 0 N–H and O–H groups in total. The predicted molar refractivity (Wildman–Crippen MR) is 77.6 cm³/mol. The molecule has 0 aliphatic carbocycles. The van der Waals surface area contributed by atoms with Crippen LogP contribution in [-0.4, -0.2) is 56.6 Å². The van der Waals surface area contributed by atoms with Gasteiger partial charge in [0.15, 0.2) is 0 Å². The van der Waals surface area contributed by atoms with Gasteiger partial charge in [-0.25, -0.2) is 0 Å². The summed E-state index contributed by atoms with van der Waals surface area (Å²) in [6.45, 7) is 6.08. The van der Waals surface area contributed by atoms with E-state index in [1.54, 1.807) is 0 Å². The lowest BCUT2D eigenvalue weighted by molar-refractivity contribution is -0.0194. The van der Waals surface area contributed by atoms with Crippen LogP contribution in [0.5, 0.6) is 0 Å². The maximum absolute atomic E-state index is 6.06. The zero-order chi connectivity index (χ0) is 13.6. The summed E-state index contributed by atoms with van der Waals surface area (Å²) in [4.78, 5) is 2.53. The molecule has 114 valence electrons. The molecule has 3 aliphatic heterocycles. The van der Waals surface area contributed by atoms with Crippen LogP contribution in [0.1, 0.15) is 32.1 Å². The van der Waals surface area contributed by atoms with E-state index in [2.05, 4.69) is 11.0 Å². The molecular weight excluding hydrogens is 254 g/mol. The van der Waals surface area contributed by atoms with Crippen molar-refractivity contribution in [1.82, 2.24) is 4.90 Å². The summed E-state index contributed by atoms with van der Waals surface area (Å²) in [5.74, 6) is 0.635. The van der Waals surface area contributed by atoms with E-state index in [4.69, 9.17) is 14.2 Å². The Morgan fingerprint density at radius 1 is 1.15 bits per heavy atom. The molecular formula is C16H27NO3. The molecule has 0 unspecified atom stereocenters. The second kappa shape index (κ2) is 7.43. The van der Waals surface area contributed by atoms with Crippen LogP contribution in [0.25, 0.3) is 0 Å². The van der Waals surface area contributed by atoms with Crippen LogP contribution >= 0.6 is 0 Å². The third kappa shape index (κ3) is 4.21. The van der Waals surface area contributed by atoms with Crippen molar-refractivity contribution >= 4 is 0 Å². The Labute approximate surface area is 122 Å². The summed E-state index contributed by atoms with van der Waals surface area (Å²) in [6, 6.07) is 0. The number of nitrogens with zero attached hydrogens (tertiary/aromatic N) is 1. The van der Waals surface area contributed by atoms with E-state index in [1.807, 2.05) is 6.26 Å². The molecule has 2 fully saturated rings. The smallest absolute Gasteiger partial charge is 0.111 e. The monoisotopic (exact) mass is 281 g/mol. The van der Waals surface area contributed by atoms with Crippen LogP contribution in [0.4, 0.5) is 0 Å². The molecule has 4 heteroatoms. The lowest BCUT2D eigenvalue weighted by Crippen LogP contribution is -2.42. The van der Waals surface area contributed by atoms with Gasteiger partial charge in [0, 0.05) is 32.2 Å². The average molecular weight is 281 g/mol. The molecule has 0 amide bonds. The van der Waals surface area contributed by atoms with Gasteiger partial charge in [-0.3, -0.25) is 4.90 Å². The van der Waals surface area contributed by atoms with E-state index < -0.39 is 0 Å². The van der Waals surface area contributed by atoms with Gasteiger partial charge in [0.2, 0.25) is 0 Å². The summed E-state index contributed by atoms with van der Waals surface area (Å²) in [5, 5.41) is 0. The first-order valence-electron chi connectivity index (χ1n) is 8.12. The van der Waals surface area contributed by atoms with E-state index in [1.165, 1.54) is 6.42 Å². The number of likely N-dealkylation sites (tertiary alicyclic amines) is 1. The van der Waals surface area contributed by atoms with Gasteiger partial charge in [-0.2, -0.15) is 0 Å². The zero-order valence-electron chi connectivity index (χ0n) is 12.3. The molecule has 3 aliphatic rings. The Morgan fingerprint density at radius 3 is 2.75 bits per heavy atom. The van der Waals surface area contributed by atoms with E-state index >= 15 is 0 Å². The predicted octanol–water partition coefficient (Wildman–Crippen LogP) is 2.20. The van der Waals surface area contributed by atoms with Crippen molar-refractivity contribution in [2.75, 3.05) is 39.5 Å². The summed E-state index contributed by atoms with van der Waals surface area (Å²) in [7, 11) is 0. The number of hydrogen-bond donors (Lipinski definition) is 0. The lowest BCUT2D eigenvalue weighted by Gasteiger charge is -2.34. The molecule has 0 radical (unpaired) electrons. The summed E-state index contributed by atoms with van der Waals surface area (Å²) < 4.78 is 17.1. The van der Waals surface area contributed by atoms with Gasteiger partial charge in [-0.15, -0.1) is 0 Å². The molecule has 0 bridgehead atoms. The van der Waals surface area contributed by atoms with E-state index in [0.717, 1.165) is 65.1 Å². The van der Waals surface area contributed by atoms with Crippen molar-refractivity contribution in [1.29, 1.82) is 0 Å². The fourth-order valence-electron chi connectivity index (χ4n) is 3.25. The number of allylic oxidation sites excluding steroid dienone is 1. The minimum atomic E-state index is 0.396. The van der Waals surface area contributed by atoms with Gasteiger partial charge in [-0.05, 0) is 38.2 Å². The van der Waals surface area contributed by atoms with Gasteiger partial charge in [-0.1, -0.05) is 0 Å². The highest BCUT2D eigenvalue weighted by molar-refractivity contribution is 4.84. The first kappa shape index (κ1) is 14.4. The number of rotatable bonds is 5. The molecule has 4 nitrogen and oxygen atoms in total. The van der Waals surface area contributed by atoms with Crippen molar-refractivity contribution in [2.45, 2.75) is 44.3 Å². The first-order chi connectivity index (χ1) is 9.90. The number of ether oxygens (including phenoxy) is 3. The highest BCUT2D eigenvalue weighted by atomic mass is 16.5. The highest BCUT2D eigenvalue weighted by Gasteiger charge is 2.24. The van der Waals surface area contributed by atoms with Gasteiger partial charge in [0.25, 0.3) is 0 Å². The molecule has 0 spiro atoms. The van der Waals surface area contributed by atoms with Crippen LogP contribution in [-0.2, 0) is 14.2 Å². The average Bonchev–Trinajstić information content (AvgIpc) is 3.01. The van der Waals surface area contributed by atoms with E-state index in [0.29, 0.717) is 18.1 Å². The van der Waals surface area contributed by atoms with Gasteiger partial charge in [0.05, 0.1) is 25.6 Å². The Hall–Kier alpha value is -0.580. The van der Waals surface area contributed by atoms with Crippen molar-refractivity contribution < 1.29 is 14.2 Å². The van der Waals surface area contributed by atoms with Crippen molar-refractivity contribution in [3.8, 4) is 0 Å². The molecule has 0 aromatic carbocycles. The third-order valence-electron chi connectivity index (χ3n) is 4.61. The SMILES string of the molecule is C1=CO[C@H](CN2CCC(OC[C@@H]3CCOC3)CC2)CC1. The van der Waals surface area contributed by atoms with E-state index in [-0.39, 0.29) is 0 Å². The standard InChI is InChI=1S/C16H27NO3/c1-2-9-19-16(3-1)11-17-7-4-15(5-8-17)20-13-14-6-10-18-12-14/h2,9,14-16H,1,3-8,10-13H2/t14-,16+/m1/s1. The van der Waals surface area contributed by atoms with Crippen LogP contribution in [0.15, 0.2) is 12.3 Å². The molecule has 20 heavy (non-hydrogen) atoms. The second-order valence-electron chi connectivity index (χ2n) is 6.27. The van der Waals surface area contributed by atoms with Crippen molar-refractivity contribution in [2.24, 2.45) is 5.92 Å². The van der Waals surface area contributed by atoms with Crippen molar-refractivity contribution in [3.63, 3.8) is 0 Å². The van der Waals surface area contributed by atoms with Gasteiger partial charge < -0.3 is 14.2 Å². The third-order valence-corrected chi connectivity index (χ3v) is 4.61. The summed E-state index contributed by atoms with van der Waals surface area (Å²) >= 11 is 0. The lowest BCUT2D eigenvalue weighted by atomic mass is 10.1. The molecule has 0 aromatic heterocycles. The molecule has 3 heterocycles. The summed E-state index contributed by atoms with van der Waals surface area (Å²) in [5.41, 5.74) is 0. The summed E-state index contributed by atoms with van der Waals surface area (Å²) in [6.07, 6.45) is 10.7. The number of hydrogen-bond acceptors (Lipinski definition) is 4. The minimum Gasteiger partial charge on any atom is -0.497 e. The van der Waals surface area contributed by atoms with Crippen LogP contribution in [0.3, 0.4) is 0 Å². The molecule has 2 saturated heterocycles. The second-order valence-corrected chi connectivity index (χ2v) is 6.27. The largest absolute Gasteiger partial charge is 0.497 e. The Morgan fingerprint density at radius 2 is 2.05 bits per heavy atom. The van der Waals surface area contributed by atoms with Crippen LogP contribution in [0, 0.1) is 5.92 Å². The molecule has 2 atom stereocenters. The maximum Gasteiger partial charge on any atom is 0.111 e. The molecule has 0 saturated carbocycles. The fraction of sp³-hybridized carbons (Fsp3) is 0.875. The fourth-order valence-corrected chi connectivity index (χ4v) is 3.25. The Kier molecular flexibility index (Phi) is 5.34.